The predicted octanol–water partition coefficient (Wildman–Crippen LogP) is 2.75. The monoisotopic (exact) mass is 295 g/mol. The lowest BCUT2D eigenvalue weighted by Gasteiger charge is -2.14. The Balaban J connectivity index is 3.03. The van der Waals surface area contributed by atoms with Crippen LogP contribution >= 0.6 is 15.9 Å². The number of aryl methyl sites for hydroxylation is 2. The van der Waals surface area contributed by atoms with Crippen molar-refractivity contribution in [3.05, 3.63) is 32.4 Å². The molecule has 0 atom stereocenters. The summed E-state index contributed by atoms with van der Waals surface area (Å²) in [6.45, 7) is 7.71. The fourth-order valence-corrected chi connectivity index (χ4v) is 2.35. The van der Waals surface area contributed by atoms with E-state index in [1.807, 2.05) is 27.7 Å². The molecular weight excluding hydrogens is 282 g/mol. The van der Waals surface area contributed by atoms with Crippen LogP contribution in [0.5, 0.6) is 0 Å². The lowest BCUT2D eigenvalue weighted by molar-refractivity contribution is 0.592. The van der Waals surface area contributed by atoms with Gasteiger partial charge < -0.3 is 0 Å². The Labute approximate surface area is 108 Å². The molecule has 4 nitrogen and oxygen atoms in total. The summed E-state index contributed by atoms with van der Waals surface area (Å²) < 4.78 is 2.25. The Morgan fingerprint density at radius 2 is 1.94 bits per heavy atom. The summed E-state index contributed by atoms with van der Waals surface area (Å²) in [7, 11) is 0. The molecule has 0 aliphatic carbocycles. The molecular formula is C12H14BrN3O. The van der Waals surface area contributed by atoms with Gasteiger partial charge in [-0.15, -0.1) is 0 Å². The summed E-state index contributed by atoms with van der Waals surface area (Å²) in [6, 6.07) is 1.86. The SMILES string of the molecule is Cc1nc(C)c2cc(Br)c(=O)n(C(C)C)c2n1. The van der Waals surface area contributed by atoms with Gasteiger partial charge in [-0.1, -0.05) is 0 Å². The van der Waals surface area contributed by atoms with Crippen molar-refractivity contribution in [2.75, 3.05) is 0 Å². The zero-order chi connectivity index (χ0) is 12.7. The number of nitrogens with zero attached hydrogens (tertiary/aromatic N) is 3. The van der Waals surface area contributed by atoms with Crippen molar-refractivity contribution in [3.63, 3.8) is 0 Å². The van der Waals surface area contributed by atoms with E-state index in [1.54, 1.807) is 10.6 Å². The third kappa shape index (κ3) is 1.99. The summed E-state index contributed by atoms with van der Waals surface area (Å²) in [4.78, 5) is 20.8. The van der Waals surface area contributed by atoms with Crippen LogP contribution in [0.15, 0.2) is 15.3 Å². The first-order valence-electron chi connectivity index (χ1n) is 5.47. The van der Waals surface area contributed by atoms with Crippen LogP contribution in [0.4, 0.5) is 0 Å². The molecule has 0 spiro atoms. The van der Waals surface area contributed by atoms with Crippen LogP contribution in [0, 0.1) is 13.8 Å². The van der Waals surface area contributed by atoms with Gasteiger partial charge in [0.05, 0.1) is 10.2 Å². The zero-order valence-corrected chi connectivity index (χ0v) is 11.9. The average Bonchev–Trinajstić information content (AvgIpc) is 2.20. The van der Waals surface area contributed by atoms with Crippen molar-refractivity contribution in [1.29, 1.82) is 0 Å². The van der Waals surface area contributed by atoms with Crippen molar-refractivity contribution in [3.8, 4) is 0 Å². The molecule has 2 aromatic rings. The first-order chi connectivity index (χ1) is 7.91. The van der Waals surface area contributed by atoms with Crippen LogP contribution in [0.3, 0.4) is 0 Å². The van der Waals surface area contributed by atoms with E-state index < -0.39 is 0 Å². The topological polar surface area (TPSA) is 47.8 Å². The van der Waals surface area contributed by atoms with Crippen molar-refractivity contribution in [2.24, 2.45) is 0 Å². The highest BCUT2D eigenvalue weighted by Gasteiger charge is 2.13. The Kier molecular flexibility index (Phi) is 3.03. The molecule has 2 aromatic heterocycles. The Bertz CT molecular complexity index is 646. The maximum Gasteiger partial charge on any atom is 0.266 e. The minimum absolute atomic E-state index is 0.0509. The fourth-order valence-electron chi connectivity index (χ4n) is 1.93. The quantitative estimate of drug-likeness (QED) is 0.813. The molecule has 2 heterocycles. The third-order valence-corrected chi connectivity index (χ3v) is 3.23. The van der Waals surface area contributed by atoms with E-state index in [4.69, 9.17) is 0 Å². The van der Waals surface area contributed by atoms with Crippen LogP contribution in [-0.4, -0.2) is 14.5 Å². The highest BCUT2D eigenvalue weighted by Crippen LogP contribution is 2.20. The van der Waals surface area contributed by atoms with Gasteiger partial charge in [0.2, 0.25) is 0 Å². The lowest BCUT2D eigenvalue weighted by atomic mass is 10.2. The van der Waals surface area contributed by atoms with Crippen molar-refractivity contribution < 1.29 is 0 Å². The smallest absolute Gasteiger partial charge is 0.266 e. The summed E-state index contributed by atoms with van der Waals surface area (Å²) in [6.07, 6.45) is 0. The molecule has 0 bridgehead atoms. The second kappa shape index (κ2) is 4.22. The average molecular weight is 296 g/mol. The molecule has 0 N–H and O–H groups in total. The summed E-state index contributed by atoms with van der Waals surface area (Å²) >= 11 is 3.30. The molecule has 0 saturated heterocycles. The highest BCUT2D eigenvalue weighted by molar-refractivity contribution is 9.10. The van der Waals surface area contributed by atoms with E-state index in [9.17, 15) is 4.79 Å². The van der Waals surface area contributed by atoms with Crippen LogP contribution < -0.4 is 5.56 Å². The fraction of sp³-hybridized carbons (Fsp3) is 0.417. The van der Waals surface area contributed by atoms with Gasteiger partial charge in [-0.25, -0.2) is 9.97 Å². The Hall–Kier alpha value is -1.23. The Morgan fingerprint density at radius 1 is 1.29 bits per heavy atom. The molecule has 0 unspecified atom stereocenters. The number of halogens is 1. The minimum Gasteiger partial charge on any atom is -0.289 e. The second-order valence-corrected chi connectivity index (χ2v) is 5.21. The molecule has 0 fully saturated rings. The van der Waals surface area contributed by atoms with Gasteiger partial charge in [-0.3, -0.25) is 9.36 Å². The van der Waals surface area contributed by atoms with Gasteiger partial charge in [-0.2, -0.15) is 0 Å². The summed E-state index contributed by atoms with van der Waals surface area (Å²) in [5.74, 6) is 0.686. The molecule has 2 rings (SSSR count). The molecule has 0 saturated carbocycles. The normalized spacial score (nSPS) is 11.4. The van der Waals surface area contributed by atoms with Gasteiger partial charge in [0.15, 0.2) is 0 Å². The van der Waals surface area contributed by atoms with Crippen molar-refractivity contribution in [1.82, 2.24) is 14.5 Å². The number of hydrogen-bond donors (Lipinski definition) is 0. The van der Waals surface area contributed by atoms with Gasteiger partial charge in [0.1, 0.15) is 11.5 Å². The van der Waals surface area contributed by atoms with Crippen LogP contribution in [0.2, 0.25) is 0 Å². The number of fused-ring (bicyclic) bond motifs is 1. The third-order valence-electron chi connectivity index (χ3n) is 2.67. The van der Waals surface area contributed by atoms with E-state index in [-0.39, 0.29) is 11.6 Å². The zero-order valence-electron chi connectivity index (χ0n) is 10.3. The van der Waals surface area contributed by atoms with Crippen LogP contribution in [0.25, 0.3) is 11.0 Å². The summed E-state index contributed by atoms with van der Waals surface area (Å²) in [5.41, 5.74) is 1.55. The molecule has 0 amide bonds. The summed E-state index contributed by atoms with van der Waals surface area (Å²) in [5, 5.41) is 0.913. The van der Waals surface area contributed by atoms with E-state index in [0.717, 1.165) is 11.1 Å². The lowest BCUT2D eigenvalue weighted by Crippen LogP contribution is -2.24. The maximum absolute atomic E-state index is 12.1. The minimum atomic E-state index is -0.0509. The number of hydrogen-bond acceptors (Lipinski definition) is 3. The molecule has 0 aromatic carbocycles. The van der Waals surface area contributed by atoms with Crippen LogP contribution in [-0.2, 0) is 0 Å². The molecule has 90 valence electrons. The molecule has 0 aliphatic rings. The largest absolute Gasteiger partial charge is 0.289 e. The van der Waals surface area contributed by atoms with E-state index in [2.05, 4.69) is 25.9 Å². The Morgan fingerprint density at radius 3 is 2.53 bits per heavy atom. The van der Waals surface area contributed by atoms with Gasteiger partial charge in [-0.05, 0) is 49.7 Å². The maximum atomic E-state index is 12.1. The van der Waals surface area contributed by atoms with E-state index in [0.29, 0.717) is 15.9 Å². The van der Waals surface area contributed by atoms with Crippen molar-refractivity contribution >= 4 is 27.0 Å². The standard InChI is InChI=1S/C12H14BrN3O/c1-6(2)16-11-9(5-10(13)12(16)17)7(3)14-8(4)15-11/h5-6H,1-4H3. The predicted molar refractivity (Wildman–Crippen MR) is 71.4 cm³/mol. The molecule has 0 aliphatic heterocycles. The molecule has 0 radical (unpaired) electrons. The molecule has 17 heavy (non-hydrogen) atoms. The number of rotatable bonds is 1. The van der Waals surface area contributed by atoms with Crippen LogP contribution in [0.1, 0.15) is 31.4 Å². The van der Waals surface area contributed by atoms with Gasteiger partial charge in [0, 0.05) is 11.4 Å². The molecule has 5 heteroatoms. The van der Waals surface area contributed by atoms with Gasteiger partial charge >= 0.3 is 0 Å². The second-order valence-electron chi connectivity index (χ2n) is 4.35. The first kappa shape index (κ1) is 12.2. The van der Waals surface area contributed by atoms with E-state index in [1.165, 1.54) is 0 Å². The van der Waals surface area contributed by atoms with E-state index >= 15 is 0 Å². The van der Waals surface area contributed by atoms with Gasteiger partial charge in [0.25, 0.3) is 5.56 Å². The number of aromatic nitrogens is 3. The first-order valence-corrected chi connectivity index (χ1v) is 6.27. The number of pyridine rings is 1. The van der Waals surface area contributed by atoms with Crippen molar-refractivity contribution in [2.45, 2.75) is 33.7 Å². The highest BCUT2D eigenvalue weighted by atomic mass is 79.9.